The second kappa shape index (κ2) is 8.96. The number of rotatable bonds is 7. The molecule has 9 nitrogen and oxygen atoms in total. The van der Waals surface area contributed by atoms with Crippen LogP contribution in [0.4, 0.5) is 11.4 Å². The molecule has 0 heterocycles. The lowest BCUT2D eigenvalue weighted by atomic mass is 9.96. The van der Waals surface area contributed by atoms with Crippen LogP contribution >= 0.6 is 0 Å². The number of aliphatic hydroxyl groups is 1. The Morgan fingerprint density at radius 2 is 1.71 bits per heavy atom. The second-order valence-corrected chi connectivity index (χ2v) is 6.46. The maximum absolute atomic E-state index is 11.9. The van der Waals surface area contributed by atoms with Crippen molar-refractivity contribution >= 4 is 23.2 Å². The highest BCUT2D eigenvalue weighted by Crippen LogP contribution is 2.17. The molecule has 2 aromatic rings. The largest absolute Gasteiger partial charge is 0.497 e. The van der Waals surface area contributed by atoms with Crippen LogP contribution in [-0.2, 0) is 16.0 Å². The molecule has 148 valence electrons. The molecule has 2 rings (SSSR count). The molecule has 0 bridgehead atoms. The Hall–Kier alpha value is -3.46. The maximum Gasteiger partial charge on any atom is 0.313 e. The van der Waals surface area contributed by atoms with Crippen molar-refractivity contribution in [3.05, 3.63) is 64.2 Å². The van der Waals surface area contributed by atoms with Crippen molar-refractivity contribution in [2.24, 2.45) is 0 Å². The minimum atomic E-state index is -1.27. The van der Waals surface area contributed by atoms with Crippen molar-refractivity contribution in [1.29, 1.82) is 0 Å². The third kappa shape index (κ3) is 6.06. The number of nitro groups is 1. The lowest BCUT2D eigenvalue weighted by molar-refractivity contribution is -0.384. The van der Waals surface area contributed by atoms with E-state index in [0.29, 0.717) is 5.75 Å². The highest BCUT2D eigenvalue weighted by atomic mass is 16.6. The number of ether oxygens (including phenoxy) is 1. The molecule has 2 aromatic carbocycles. The van der Waals surface area contributed by atoms with Crippen molar-refractivity contribution < 1.29 is 24.4 Å². The van der Waals surface area contributed by atoms with Gasteiger partial charge in [0.05, 0.1) is 17.6 Å². The number of hydrogen-bond donors (Lipinski definition) is 3. The van der Waals surface area contributed by atoms with E-state index in [0.717, 1.165) is 5.56 Å². The van der Waals surface area contributed by atoms with Gasteiger partial charge >= 0.3 is 11.8 Å². The Labute approximate surface area is 161 Å². The summed E-state index contributed by atoms with van der Waals surface area (Å²) >= 11 is 0. The lowest BCUT2D eigenvalue weighted by Gasteiger charge is -2.23. The number of anilines is 1. The number of amides is 2. The highest BCUT2D eigenvalue weighted by molar-refractivity contribution is 6.39. The molecule has 0 aliphatic rings. The van der Waals surface area contributed by atoms with Crippen LogP contribution in [0.3, 0.4) is 0 Å². The lowest BCUT2D eigenvalue weighted by Crippen LogP contribution is -2.45. The third-order valence-electron chi connectivity index (χ3n) is 3.92. The Balaban J connectivity index is 1.86. The summed E-state index contributed by atoms with van der Waals surface area (Å²) in [5.41, 5.74) is -0.305. The summed E-state index contributed by atoms with van der Waals surface area (Å²) in [6.45, 7) is 1.41. The SMILES string of the molecule is COc1ccc(CC(C)(O)CNC(=O)C(=O)Nc2ccc([N+](=O)[O-])cc2)cc1. The van der Waals surface area contributed by atoms with Crippen LogP contribution in [0, 0.1) is 10.1 Å². The van der Waals surface area contributed by atoms with Crippen LogP contribution in [0.1, 0.15) is 12.5 Å². The first-order chi connectivity index (χ1) is 13.2. The van der Waals surface area contributed by atoms with E-state index in [9.17, 15) is 24.8 Å². The molecule has 0 radical (unpaired) electrons. The fourth-order valence-electron chi connectivity index (χ4n) is 2.45. The molecule has 9 heteroatoms. The summed E-state index contributed by atoms with van der Waals surface area (Å²) in [6.07, 6.45) is 0.265. The van der Waals surface area contributed by atoms with Gasteiger partial charge in [0.15, 0.2) is 0 Å². The zero-order valence-electron chi connectivity index (χ0n) is 15.5. The summed E-state index contributed by atoms with van der Waals surface area (Å²) in [7, 11) is 1.56. The van der Waals surface area contributed by atoms with Gasteiger partial charge in [-0.05, 0) is 36.8 Å². The van der Waals surface area contributed by atoms with E-state index in [-0.39, 0.29) is 24.3 Å². The molecular formula is C19H21N3O6. The monoisotopic (exact) mass is 387 g/mol. The summed E-state index contributed by atoms with van der Waals surface area (Å²) in [6, 6.07) is 12.2. The fourth-order valence-corrected chi connectivity index (χ4v) is 2.45. The van der Waals surface area contributed by atoms with Crippen LogP contribution in [0.15, 0.2) is 48.5 Å². The van der Waals surface area contributed by atoms with E-state index in [1.807, 2.05) is 0 Å². The van der Waals surface area contributed by atoms with Crippen LogP contribution in [0.25, 0.3) is 0 Å². The number of carbonyl (C=O) groups excluding carboxylic acids is 2. The number of nitrogens with zero attached hydrogens (tertiary/aromatic N) is 1. The van der Waals surface area contributed by atoms with Crippen molar-refractivity contribution in [2.75, 3.05) is 19.0 Å². The first-order valence-electron chi connectivity index (χ1n) is 8.39. The van der Waals surface area contributed by atoms with E-state index in [4.69, 9.17) is 4.74 Å². The van der Waals surface area contributed by atoms with Crippen LogP contribution in [0.2, 0.25) is 0 Å². The van der Waals surface area contributed by atoms with Crippen molar-refractivity contribution in [3.8, 4) is 5.75 Å². The number of non-ortho nitro benzene ring substituents is 1. The van der Waals surface area contributed by atoms with Gasteiger partial charge in [0.2, 0.25) is 0 Å². The predicted octanol–water partition coefficient (Wildman–Crippen LogP) is 1.65. The van der Waals surface area contributed by atoms with Gasteiger partial charge in [-0.1, -0.05) is 12.1 Å². The summed E-state index contributed by atoms with van der Waals surface area (Å²) in [5.74, 6) is -1.16. The topological polar surface area (TPSA) is 131 Å². The average Bonchev–Trinajstić information content (AvgIpc) is 2.67. The van der Waals surface area contributed by atoms with E-state index in [2.05, 4.69) is 10.6 Å². The quantitative estimate of drug-likeness (QED) is 0.376. The van der Waals surface area contributed by atoms with Crippen molar-refractivity contribution in [1.82, 2.24) is 5.32 Å². The Bertz CT molecular complexity index is 847. The van der Waals surface area contributed by atoms with E-state index < -0.39 is 22.3 Å². The average molecular weight is 387 g/mol. The van der Waals surface area contributed by atoms with Crippen molar-refractivity contribution in [2.45, 2.75) is 18.9 Å². The molecule has 0 fully saturated rings. The van der Waals surface area contributed by atoms with Gasteiger partial charge in [-0.3, -0.25) is 19.7 Å². The molecule has 28 heavy (non-hydrogen) atoms. The van der Waals surface area contributed by atoms with Gasteiger partial charge in [-0.15, -0.1) is 0 Å². The highest BCUT2D eigenvalue weighted by Gasteiger charge is 2.24. The van der Waals surface area contributed by atoms with E-state index in [1.165, 1.54) is 24.3 Å². The van der Waals surface area contributed by atoms with Gasteiger partial charge in [-0.2, -0.15) is 0 Å². The number of nitrogens with one attached hydrogen (secondary N) is 2. The van der Waals surface area contributed by atoms with Crippen LogP contribution in [0.5, 0.6) is 5.75 Å². The van der Waals surface area contributed by atoms with Gasteiger partial charge in [0, 0.05) is 30.8 Å². The molecule has 1 unspecified atom stereocenters. The van der Waals surface area contributed by atoms with Gasteiger partial charge < -0.3 is 20.5 Å². The standard InChI is InChI=1S/C19H21N3O6/c1-19(25,11-13-3-9-16(28-2)10-4-13)12-20-17(23)18(24)21-14-5-7-15(8-6-14)22(26)27/h3-10,25H,11-12H2,1-2H3,(H,20,23)(H,21,24). The first kappa shape index (κ1) is 20.8. The maximum atomic E-state index is 11.9. The summed E-state index contributed by atoms with van der Waals surface area (Å²) in [5, 5.41) is 25.8. The smallest absolute Gasteiger partial charge is 0.313 e. The molecule has 0 aliphatic heterocycles. The Morgan fingerprint density at radius 1 is 1.11 bits per heavy atom. The number of carbonyl (C=O) groups is 2. The number of nitro benzene ring substituents is 1. The normalized spacial score (nSPS) is 12.5. The molecule has 0 aliphatic carbocycles. The zero-order valence-corrected chi connectivity index (χ0v) is 15.5. The predicted molar refractivity (Wildman–Crippen MR) is 102 cm³/mol. The zero-order chi connectivity index (χ0) is 20.7. The minimum absolute atomic E-state index is 0.128. The van der Waals surface area contributed by atoms with Gasteiger partial charge in [-0.25, -0.2) is 0 Å². The molecule has 0 saturated heterocycles. The fraction of sp³-hybridized carbons (Fsp3) is 0.263. The second-order valence-electron chi connectivity index (χ2n) is 6.46. The summed E-state index contributed by atoms with van der Waals surface area (Å²) in [4.78, 5) is 33.9. The molecule has 3 N–H and O–H groups in total. The molecule has 2 amide bonds. The van der Waals surface area contributed by atoms with Gasteiger partial charge in [0.25, 0.3) is 5.69 Å². The summed E-state index contributed by atoms with van der Waals surface area (Å²) < 4.78 is 5.07. The Kier molecular flexibility index (Phi) is 6.67. The number of benzene rings is 2. The van der Waals surface area contributed by atoms with E-state index >= 15 is 0 Å². The molecule has 0 aromatic heterocycles. The minimum Gasteiger partial charge on any atom is -0.497 e. The molecule has 0 saturated carbocycles. The molecule has 1 atom stereocenters. The van der Waals surface area contributed by atoms with Crippen molar-refractivity contribution in [3.63, 3.8) is 0 Å². The third-order valence-corrected chi connectivity index (χ3v) is 3.92. The first-order valence-corrected chi connectivity index (χ1v) is 8.39. The van der Waals surface area contributed by atoms with Gasteiger partial charge in [0.1, 0.15) is 5.75 Å². The number of hydrogen-bond acceptors (Lipinski definition) is 6. The van der Waals surface area contributed by atoms with Crippen LogP contribution < -0.4 is 15.4 Å². The number of methoxy groups -OCH3 is 1. The van der Waals surface area contributed by atoms with E-state index in [1.54, 1.807) is 38.3 Å². The van der Waals surface area contributed by atoms with Crippen LogP contribution in [-0.4, -0.2) is 41.1 Å². The Morgan fingerprint density at radius 3 is 2.25 bits per heavy atom. The molecule has 0 spiro atoms. The molecular weight excluding hydrogens is 366 g/mol.